The van der Waals surface area contributed by atoms with E-state index in [1.165, 1.54) is 0 Å². The van der Waals surface area contributed by atoms with Crippen LogP contribution in [-0.4, -0.2) is 54.5 Å². The van der Waals surface area contributed by atoms with Crippen LogP contribution in [-0.2, 0) is 4.79 Å². The van der Waals surface area contributed by atoms with Crippen LogP contribution in [0.4, 0.5) is 0 Å². The first-order chi connectivity index (χ1) is 8.86. The molecule has 19 heavy (non-hydrogen) atoms. The monoisotopic (exact) mass is 267 g/mol. The van der Waals surface area contributed by atoms with E-state index in [0.717, 1.165) is 45.4 Å². The Morgan fingerprint density at radius 2 is 1.79 bits per heavy atom. The molecule has 2 heterocycles. The maximum absolute atomic E-state index is 12.3. The van der Waals surface area contributed by atoms with E-state index in [9.17, 15) is 4.79 Å². The number of carbonyl (C=O) groups is 1. The standard InChI is InChI=1S/C15H29N3O/c1-15(2,3)12-4-9-18(10-12)14(19)11-17-7-5-13(16)6-8-17/h12-13H,4-11,16H2,1-3H3. The van der Waals surface area contributed by atoms with Crippen LogP contribution in [0.5, 0.6) is 0 Å². The van der Waals surface area contributed by atoms with Crippen molar-refractivity contribution in [3.8, 4) is 0 Å². The van der Waals surface area contributed by atoms with Gasteiger partial charge in [-0.15, -0.1) is 0 Å². The summed E-state index contributed by atoms with van der Waals surface area (Å²) in [6, 6.07) is 0.336. The first-order valence-electron chi connectivity index (χ1n) is 7.62. The first kappa shape index (κ1) is 14.8. The van der Waals surface area contributed by atoms with Gasteiger partial charge in [0.15, 0.2) is 0 Å². The Balaban J connectivity index is 1.78. The topological polar surface area (TPSA) is 49.6 Å². The number of nitrogens with zero attached hydrogens (tertiary/aromatic N) is 2. The van der Waals surface area contributed by atoms with Gasteiger partial charge in [-0.3, -0.25) is 9.69 Å². The van der Waals surface area contributed by atoms with Gasteiger partial charge in [-0.1, -0.05) is 20.8 Å². The highest BCUT2D eigenvalue weighted by atomic mass is 16.2. The molecule has 0 spiro atoms. The van der Waals surface area contributed by atoms with Crippen LogP contribution in [0.25, 0.3) is 0 Å². The number of hydrogen-bond donors (Lipinski definition) is 1. The largest absolute Gasteiger partial charge is 0.341 e. The number of hydrogen-bond acceptors (Lipinski definition) is 3. The molecule has 2 aliphatic rings. The summed E-state index contributed by atoms with van der Waals surface area (Å²) < 4.78 is 0. The zero-order valence-electron chi connectivity index (χ0n) is 12.7. The summed E-state index contributed by atoms with van der Waals surface area (Å²) in [5, 5.41) is 0. The molecule has 1 amide bonds. The Bertz CT molecular complexity index is 316. The third kappa shape index (κ3) is 3.93. The Kier molecular flexibility index (Phi) is 4.51. The van der Waals surface area contributed by atoms with Crippen LogP contribution < -0.4 is 5.73 Å². The van der Waals surface area contributed by atoms with Crippen molar-refractivity contribution in [3.05, 3.63) is 0 Å². The van der Waals surface area contributed by atoms with Crippen LogP contribution >= 0.6 is 0 Å². The lowest BCUT2D eigenvalue weighted by Gasteiger charge is -2.31. The van der Waals surface area contributed by atoms with Crippen molar-refractivity contribution in [2.24, 2.45) is 17.1 Å². The predicted molar refractivity (Wildman–Crippen MR) is 77.8 cm³/mol. The summed E-state index contributed by atoms with van der Waals surface area (Å²) in [6.45, 7) is 11.2. The van der Waals surface area contributed by atoms with E-state index < -0.39 is 0 Å². The van der Waals surface area contributed by atoms with Crippen LogP contribution in [0.1, 0.15) is 40.0 Å². The molecule has 2 N–H and O–H groups in total. The summed E-state index contributed by atoms with van der Waals surface area (Å²) in [5.74, 6) is 0.952. The lowest BCUT2D eigenvalue weighted by atomic mass is 9.80. The van der Waals surface area contributed by atoms with E-state index in [1.807, 2.05) is 0 Å². The normalized spacial score (nSPS) is 26.9. The molecule has 0 aliphatic carbocycles. The fourth-order valence-electron chi connectivity index (χ4n) is 3.10. The molecule has 2 aliphatic heterocycles. The molecule has 2 fully saturated rings. The van der Waals surface area contributed by atoms with Crippen molar-refractivity contribution < 1.29 is 4.79 Å². The van der Waals surface area contributed by atoms with Gasteiger partial charge in [0.25, 0.3) is 0 Å². The zero-order chi connectivity index (χ0) is 14.0. The number of nitrogens with two attached hydrogens (primary N) is 1. The minimum Gasteiger partial charge on any atom is -0.341 e. The Labute approximate surface area is 117 Å². The first-order valence-corrected chi connectivity index (χ1v) is 7.62. The molecule has 1 atom stereocenters. The van der Waals surface area contributed by atoms with Gasteiger partial charge in [-0.05, 0) is 30.6 Å². The molecule has 0 aromatic carbocycles. The van der Waals surface area contributed by atoms with Crippen molar-refractivity contribution in [1.82, 2.24) is 9.80 Å². The second-order valence-electron chi connectivity index (χ2n) is 7.30. The third-order valence-corrected chi connectivity index (χ3v) is 4.76. The highest BCUT2D eigenvalue weighted by molar-refractivity contribution is 5.78. The lowest BCUT2D eigenvalue weighted by molar-refractivity contribution is -0.131. The average molecular weight is 267 g/mol. The summed E-state index contributed by atoms with van der Waals surface area (Å²) in [4.78, 5) is 16.6. The smallest absolute Gasteiger partial charge is 0.236 e. The predicted octanol–water partition coefficient (Wildman–Crippen LogP) is 1.30. The fraction of sp³-hybridized carbons (Fsp3) is 0.933. The highest BCUT2D eigenvalue weighted by Gasteiger charge is 2.34. The molecule has 0 aromatic heterocycles. The molecule has 0 saturated carbocycles. The summed E-state index contributed by atoms with van der Waals surface area (Å²) in [7, 11) is 0. The van der Waals surface area contributed by atoms with Gasteiger partial charge in [0.2, 0.25) is 5.91 Å². The molecular weight excluding hydrogens is 238 g/mol. The van der Waals surface area contributed by atoms with Crippen LogP contribution in [0, 0.1) is 11.3 Å². The van der Waals surface area contributed by atoms with Gasteiger partial charge in [-0.2, -0.15) is 0 Å². The second-order valence-corrected chi connectivity index (χ2v) is 7.30. The van der Waals surface area contributed by atoms with Gasteiger partial charge in [0, 0.05) is 32.2 Å². The average Bonchev–Trinajstić information content (AvgIpc) is 2.81. The van der Waals surface area contributed by atoms with Gasteiger partial charge in [0.1, 0.15) is 0 Å². The molecule has 1 unspecified atom stereocenters. The Morgan fingerprint density at radius 1 is 1.16 bits per heavy atom. The van der Waals surface area contributed by atoms with Crippen molar-refractivity contribution in [1.29, 1.82) is 0 Å². The summed E-state index contributed by atoms with van der Waals surface area (Å²) in [5.41, 5.74) is 6.21. The van der Waals surface area contributed by atoms with Crippen LogP contribution in [0.2, 0.25) is 0 Å². The molecule has 4 heteroatoms. The summed E-state index contributed by atoms with van der Waals surface area (Å²) in [6.07, 6.45) is 3.20. The van der Waals surface area contributed by atoms with Gasteiger partial charge < -0.3 is 10.6 Å². The van der Waals surface area contributed by atoms with E-state index in [-0.39, 0.29) is 0 Å². The van der Waals surface area contributed by atoms with Crippen LogP contribution in [0.15, 0.2) is 0 Å². The van der Waals surface area contributed by atoms with Crippen molar-refractivity contribution >= 4 is 5.91 Å². The van der Waals surface area contributed by atoms with Crippen molar-refractivity contribution in [2.45, 2.75) is 46.1 Å². The Hall–Kier alpha value is -0.610. The van der Waals surface area contributed by atoms with Gasteiger partial charge >= 0.3 is 0 Å². The van der Waals surface area contributed by atoms with Crippen molar-refractivity contribution in [3.63, 3.8) is 0 Å². The number of likely N-dealkylation sites (tertiary alicyclic amines) is 2. The van der Waals surface area contributed by atoms with E-state index in [0.29, 0.717) is 29.8 Å². The van der Waals surface area contributed by atoms with Crippen LogP contribution in [0.3, 0.4) is 0 Å². The molecule has 110 valence electrons. The zero-order valence-corrected chi connectivity index (χ0v) is 12.7. The number of piperidine rings is 1. The number of amides is 1. The van der Waals surface area contributed by atoms with Gasteiger partial charge in [0.05, 0.1) is 6.54 Å². The van der Waals surface area contributed by atoms with Gasteiger partial charge in [-0.25, -0.2) is 0 Å². The van der Waals surface area contributed by atoms with E-state index in [2.05, 4.69) is 30.6 Å². The Morgan fingerprint density at radius 3 is 2.32 bits per heavy atom. The molecule has 0 bridgehead atoms. The van der Waals surface area contributed by atoms with E-state index >= 15 is 0 Å². The maximum atomic E-state index is 12.3. The SMILES string of the molecule is CC(C)(C)C1CCN(C(=O)CN2CCC(N)CC2)C1. The third-order valence-electron chi connectivity index (χ3n) is 4.76. The maximum Gasteiger partial charge on any atom is 0.236 e. The molecule has 4 nitrogen and oxygen atoms in total. The minimum absolute atomic E-state index is 0.308. The molecule has 0 radical (unpaired) electrons. The second kappa shape index (κ2) is 5.80. The lowest BCUT2D eigenvalue weighted by Crippen LogP contribution is -2.45. The molecular formula is C15H29N3O. The number of carbonyl (C=O) groups excluding carboxylic acids is 1. The summed E-state index contributed by atoms with van der Waals surface area (Å²) >= 11 is 0. The number of rotatable bonds is 2. The fourth-order valence-corrected chi connectivity index (χ4v) is 3.10. The minimum atomic E-state index is 0.308. The van der Waals surface area contributed by atoms with E-state index in [4.69, 9.17) is 5.73 Å². The highest BCUT2D eigenvalue weighted by Crippen LogP contribution is 2.33. The quantitative estimate of drug-likeness (QED) is 0.820. The molecule has 0 aromatic rings. The molecule has 2 rings (SSSR count). The molecule has 2 saturated heterocycles. The van der Waals surface area contributed by atoms with Crippen molar-refractivity contribution in [2.75, 3.05) is 32.7 Å². The van der Waals surface area contributed by atoms with E-state index in [1.54, 1.807) is 0 Å².